The minimum absolute atomic E-state index is 0.0764. The van der Waals surface area contributed by atoms with Gasteiger partial charge in [-0.05, 0) is 26.0 Å². The molecular formula is C17H26N2O4. The molecule has 0 aliphatic carbocycles. The van der Waals surface area contributed by atoms with Crippen molar-refractivity contribution < 1.29 is 19.4 Å². The number of aliphatic hydroxyl groups excluding tert-OH is 1. The maximum absolute atomic E-state index is 12.3. The van der Waals surface area contributed by atoms with Gasteiger partial charge < -0.3 is 19.5 Å². The molecule has 1 unspecified atom stereocenters. The number of fused-ring (bicyclic) bond motifs is 1. The summed E-state index contributed by atoms with van der Waals surface area (Å²) in [4.78, 5) is 16.1. The van der Waals surface area contributed by atoms with Crippen LogP contribution in [0, 0.1) is 0 Å². The second-order valence-corrected chi connectivity index (χ2v) is 5.61. The summed E-state index contributed by atoms with van der Waals surface area (Å²) in [6, 6.07) is 3.64. The Hall–Kier alpha value is -1.79. The molecule has 0 bridgehead atoms. The Bertz CT molecular complexity index is 558. The third kappa shape index (κ3) is 3.59. The third-order valence-electron chi connectivity index (χ3n) is 4.34. The Morgan fingerprint density at radius 3 is 2.43 bits per heavy atom. The van der Waals surface area contributed by atoms with E-state index in [4.69, 9.17) is 9.47 Å². The number of amides is 1. The first kappa shape index (κ1) is 17.6. The number of carbonyl (C=O) groups is 1. The number of ether oxygens (including phenoxy) is 2. The molecule has 0 radical (unpaired) electrons. The quantitative estimate of drug-likeness (QED) is 0.858. The van der Waals surface area contributed by atoms with Gasteiger partial charge in [0.25, 0.3) is 0 Å². The minimum atomic E-state index is -0.701. The van der Waals surface area contributed by atoms with Crippen molar-refractivity contribution in [2.75, 3.05) is 40.4 Å². The highest BCUT2D eigenvalue weighted by molar-refractivity contribution is 5.78. The van der Waals surface area contributed by atoms with E-state index in [-0.39, 0.29) is 5.91 Å². The highest BCUT2D eigenvalue weighted by Gasteiger charge is 2.30. The molecule has 23 heavy (non-hydrogen) atoms. The molecule has 0 saturated heterocycles. The lowest BCUT2D eigenvalue weighted by Gasteiger charge is -2.34. The second-order valence-electron chi connectivity index (χ2n) is 5.61. The Balaban J connectivity index is 2.24. The molecule has 2 rings (SSSR count). The average Bonchev–Trinajstić information content (AvgIpc) is 2.54. The van der Waals surface area contributed by atoms with Crippen LogP contribution in [0.25, 0.3) is 0 Å². The molecule has 1 aliphatic rings. The lowest BCUT2D eigenvalue weighted by molar-refractivity contribution is -0.132. The Morgan fingerprint density at radius 2 is 1.87 bits per heavy atom. The van der Waals surface area contributed by atoms with E-state index in [1.54, 1.807) is 25.2 Å². The van der Waals surface area contributed by atoms with E-state index < -0.39 is 6.10 Å². The summed E-state index contributed by atoms with van der Waals surface area (Å²) >= 11 is 0. The number of benzene rings is 1. The van der Waals surface area contributed by atoms with Crippen LogP contribution in [-0.2, 0) is 11.3 Å². The van der Waals surface area contributed by atoms with E-state index in [0.717, 1.165) is 11.1 Å². The molecule has 1 aliphatic heterocycles. The molecule has 1 aromatic rings. The minimum Gasteiger partial charge on any atom is -0.496 e. The molecule has 128 valence electrons. The van der Waals surface area contributed by atoms with Crippen molar-refractivity contribution in [2.24, 2.45) is 0 Å². The highest BCUT2D eigenvalue weighted by Crippen LogP contribution is 2.39. The third-order valence-corrected chi connectivity index (χ3v) is 4.34. The molecule has 6 nitrogen and oxygen atoms in total. The standard InChI is InChI=1S/C17H26N2O4/c1-5-19(6-2)16(21)11-18-9-12-14(22-3)7-8-15(23-4)17(12)13(20)10-18/h7-8,13,20H,5-6,9-11H2,1-4H3. The van der Waals surface area contributed by atoms with Gasteiger partial charge in [-0.3, -0.25) is 9.69 Å². The molecular weight excluding hydrogens is 296 g/mol. The van der Waals surface area contributed by atoms with Crippen molar-refractivity contribution in [3.05, 3.63) is 23.3 Å². The maximum atomic E-state index is 12.3. The summed E-state index contributed by atoms with van der Waals surface area (Å²) < 4.78 is 10.8. The van der Waals surface area contributed by atoms with Crippen molar-refractivity contribution in [1.29, 1.82) is 0 Å². The Morgan fingerprint density at radius 1 is 1.26 bits per heavy atom. The number of carbonyl (C=O) groups excluding carboxylic acids is 1. The van der Waals surface area contributed by atoms with Gasteiger partial charge in [0.1, 0.15) is 11.5 Å². The molecule has 0 spiro atoms. The van der Waals surface area contributed by atoms with Crippen LogP contribution < -0.4 is 9.47 Å². The lowest BCUT2D eigenvalue weighted by Crippen LogP contribution is -2.43. The number of likely N-dealkylation sites (N-methyl/N-ethyl adjacent to an activating group) is 1. The highest BCUT2D eigenvalue weighted by atomic mass is 16.5. The smallest absolute Gasteiger partial charge is 0.236 e. The van der Waals surface area contributed by atoms with Gasteiger partial charge in [-0.1, -0.05) is 0 Å². The first-order valence-electron chi connectivity index (χ1n) is 7.97. The number of hydrogen-bond donors (Lipinski definition) is 1. The first-order valence-corrected chi connectivity index (χ1v) is 7.97. The largest absolute Gasteiger partial charge is 0.496 e. The van der Waals surface area contributed by atoms with Crippen molar-refractivity contribution in [3.63, 3.8) is 0 Å². The molecule has 1 amide bonds. The van der Waals surface area contributed by atoms with Crippen molar-refractivity contribution >= 4 is 5.91 Å². The van der Waals surface area contributed by atoms with Gasteiger partial charge in [0.2, 0.25) is 5.91 Å². The van der Waals surface area contributed by atoms with Gasteiger partial charge in [0, 0.05) is 37.3 Å². The van der Waals surface area contributed by atoms with Gasteiger partial charge in [-0.25, -0.2) is 0 Å². The predicted molar refractivity (Wildman–Crippen MR) is 87.7 cm³/mol. The lowest BCUT2D eigenvalue weighted by atomic mass is 9.95. The Labute approximate surface area is 137 Å². The molecule has 0 fully saturated rings. The van der Waals surface area contributed by atoms with Gasteiger partial charge in [-0.2, -0.15) is 0 Å². The van der Waals surface area contributed by atoms with E-state index >= 15 is 0 Å². The van der Waals surface area contributed by atoms with Crippen LogP contribution in [0.4, 0.5) is 0 Å². The van der Waals surface area contributed by atoms with Crippen LogP contribution in [0.5, 0.6) is 11.5 Å². The average molecular weight is 322 g/mol. The summed E-state index contributed by atoms with van der Waals surface area (Å²) in [6.45, 7) is 6.58. The summed E-state index contributed by atoms with van der Waals surface area (Å²) in [5.41, 5.74) is 1.65. The Kier molecular flexibility index (Phi) is 5.85. The van der Waals surface area contributed by atoms with Crippen LogP contribution >= 0.6 is 0 Å². The van der Waals surface area contributed by atoms with Crippen molar-refractivity contribution in [2.45, 2.75) is 26.5 Å². The van der Waals surface area contributed by atoms with Gasteiger partial charge >= 0.3 is 0 Å². The molecule has 0 saturated carbocycles. The van der Waals surface area contributed by atoms with E-state index in [2.05, 4.69) is 0 Å². The first-order chi connectivity index (χ1) is 11.0. The van der Waals surface area contributed by atoms with E-state index in [1.165, 1.54) is 0 Å². The molecule has 1 N–H and O–H groups in total. The number of aliphatic hydroxyl groups is 1. The summed E-state index contributed by atoms with van der Waals surface area (Å²) in [5.74, 6) is 1.44. The van der Waals surface area contributed by atoms with Crippen LogP contribution in [-0.4, -0.2) is 61.2 Å². The maximum Gasteiger partial charge on any atom is 0.236 e. The number of nitrogens with zero attached hydrogens (tertiary/aromatic N) is 2. The van der Waals surface area contributed by atoms with E-state index in [0.29, 0.717) is 44.2 Å². The van der Waals surface area contributed by atoms with Crippen LogP contribution in [0.2, 0.25) is 0 Å². The van der Waals surface area contributed by atoms with Crippen LogP contribution in [0.1, 0.15) is 31.1 Å². The van der Waals surface area contributed by atoms with Crippen molar-refractivity contribution in [3.8, 4) is 11.5 Å². The van der Waals surface area contributed by atoms with Crippen LogP contribution in [0.15, 0.2) is 12.1 Å². The topological polar surface area (TPSA) is 62.2 Å². The fourth-order valence-corrected chi connectivity index (χ4v) is 3.13. The second kappa shape index (κ2) is 7.66. The monoisotopic (exact) mass is 322 g/mol. The van der Waals surface area contributed by atoms with E-state index in [1.807, 2.05) is 24.8 Å². The molecule has 1 heterocycles. The van der Waals surface area contributed by atoms with E-state index in [9.17, 15) is 9.90 Å². The molecule has 1 atom stereocenters. The SMILES string of the molecule is CCN(CC)C(=O)CN1Cc2c(OC)ccc(OC)c2C(O)C1. The zero-order valence-electron chi connectivity index (χ0n) is 14.3. The fraction of sp³-hybridized carbons (Fsp3) is 0.588. The van der Waals surface area contributed by atoms with Gasteiger partial charge in [0.15, 0.2) is 0 Å². The molecule has 0 aromatic heterocycles. The normalized spacial score (nSPS) is 17.5. The zero-order chi connectivity index (χ0) is 17.0. The van der Waals surface area contributed by atoms with Gasteiger partial charge in [0.05, 0.1) is 26.9 Å². The summed E-state index contributed by atoms with van der Waals surface area (Å²) in [7, 11) is 3.19. The van der Waals surface area contributed by atoms with Crippen molar-refractivity contribution in [1.82, 2.24) is 9.80 Å². The number of β-amino-alcohol motifs (C(OH)–C–C–N with tert-alkyl or cyclic N) is 1. The fourth-order valence-electron chi connectivity index (χ4n) is 3.13. The molecule has 1 aromatic carbocycles. The van der Waals surface area contributed by atoms with Crippen LogP contribution in [0.3, 0.4) is 0 Å². The number of methoxy groups -OCH3 is 2. The zero-order valence-corrected chi connectivity index (χ0v) is 14.3. The summed E-state index contributed by atoms with van der Waals surface area (Å²) in [6.07, 6.45) is -0.701. The summed E-state index contributed by atoms with van der Waals surface area (Å²) in [5, 5.41) is 10.5. The van der Waals surface area contributed by atoms with Gasteiger partial charge in [-0.15, -0.1) is 0 Å². The number of rotatable bonds is 6. The number of hydrogen-bond acceptors (Lipinski definition) is 5. The predicted octanol–water partition coefficient (Wildman–Crippen LogP) is 1.42. The molecule has 6 heteroatoms.